The van der Waals surface area contributed by atoms with Gasteiger partial charge in [-0.2, -0.15) is 0 Å². The molecule has 3 nitrogen and oxygen atoms in total. The van der Waals surface area contributed by atoms with Crippen LogP contribution in [0, 0.1) is 5.92 Å². The SMILES string of the molecule is C[C@@H](O)c1ccc(N(C)CCOCC2CC2)cc1. The Morgan fingerprint density at radius 1 is 1.33 bits per heavy atom. The Balaban J connectivity index is 1.74. The van der Waals surface area contributed by atoms with Crippen LogP contribution in [0.2, 0.25) is 0 Å². The van der Waals surface area contributed by atoms with Gasteiger partial charge in [-0.15, -0.1) is 0 Å². The highest BCUT2D eigenvalue weighted by Gasteiger charge is 2.20. The molecular formula is C15H23NO2. The molecule has 0 heterocycles. The lowest BCUT2D eigenvalue weighted by atomic mass is 10.1. The van der Waals surface area contributed by atoms with Crippen LogP contribution in [-0.2, 0) is 4.74 Å². The maximum atomic E-state index is 9.45. The maximum absolute atomic E-state index is 9.45. The number of likely N-dealkylation sites (N-methyl/N-ethyl adjacent to an activating group) is 1. The Bertz CT molecular complexity index is 357. The van der Waals surface area contributed by atoms with Gasteiger partial charge in [0.15, 0.2) is 0 Å². The van der Waals surface area contributed by atoms with Crippen LogP contribution < -0.4 is 4.90 Å². The predicted molar refractivity (Wildman–Crippen MR) is 73.9 cm³/mol. The van der Waals surface area contributed by atoms with Gasteiger partial charge in [-0.05, 0) is 43.4 Å². The van der Waals surface area contributed by atoms with E-state index in [2.05, 4.69) is 11.9 Å². The van der Waals surface area contributed by atoms with Crippen LogP contribution in [0.5, 0.6) is 0 Å². The summed E-state index contributed by atoms with van der Waals surface area (Å²) in [5.41, 5.74) is 2.12. The van der Waals surface area contributed by atoms with Gasteiger partial charge in [-0.1, -0.05) is 12.1 Å². The van der Waals surface area contributed by atoms with Crippen LogP contribution in [0.25, 0.3) is 0 Å². The Hall–Kier alpha value is -1.06. The molecule has 0 spiro atoms. The Kier molecular flexibility index (Phi) is 4.61. The molecule has 1 aromatic rings. The third-order valence-electron chi connectivity index (χ3n) is 3.44. The van der Waals surface area contributed by atoms with Gasteiger partial charge >= 0.3 is 0 Å². The fourth-order valence-corrected chi connectivity index (χ4v) is 1.87. The number of hydrogen-bond donors (Lipinski definition) is 1. The van der Waals surface area contributed by atoms with Crippen LogP contribution in [0.3, 0.4) is 0 Å². The minimum absolute atomic E-state index is 0.397. The van der Waals surface area contributed by atoms with Gasteiger partial charge < -0.3 is 14.7 Å². The molecule has 0 bridgehead atoms. The van der Waals surface area contributed by atoms with Gasteiger partial charge in [0, 0.05) is 25.9 Å². The number of benzene rings is 1. The van der Waals surface area contributed by atoms with Crippen LogP contribution >= 0.6 is 0 Å². The highest BCUT2D eigenvalue weighted by Crippen LogP contribution is 2.28. The van der Waals surface area contributed by atoms with E-state index in [0.29, 0.717) is 0 Å². The Labute approximate surface area is 109 Å². The zero-order valence-corrected chi connectivity index (χ0v) is 11.3. The second kappa shape index (κ2) is 6.21. The monoisotopic (exact) mass is 249 g/mol. The minimum atomic E-state index is -0.397. The topological polar surface area (TPSA) is 32.7 Å². The molecule has 0 saturated heterocycles. The molecule has 3 heteroatoms. The van der Waals surface area contributed by atoms with Crippen molar-refractivity contribution >= 4 is 5.69 Å². The molecule has 0 radical (unpaired) electrons. The van der Waals surface area contributed by atoms with E-state index in [1.54, 1.807) is 6.92 Å². The fraction of sp³-hybridized carbons (Fsp3) is 0.600. The summed E-state index contributed by atoms with van der Waals surface area (Å²) in [7, 11) is 2.07. The van der Waals surface area contributed by atoms with Gasteiger partial charge in [0.1, 0.15) is 0 Å². The lowest BCUT2D eigenvalue weighted by Crippen LogP contribution is -2.22. The third-order valence-corrected chi connectivity index (χ3v) is 3.44. The van der Waals surface area contributed by atoms with E-state index < -0.39 is 6.10 Å². The number of hydrogen-bond acceptors (Lipinski definition) is 3. The van der Waals surface area contributed by atoms with Gasteiger partial charge in [-0.25, -0.2) is 0 Å². The molecule has 0 amide bonds. The molecule has 0 aliphatic heterocycles. The molecule has 1 N–H and O–H groups in total. The number of nitrogens with zero attached hydrogens (tertiary/aromatic N) is 1. The summed E-state index contributed by atoms with van der Waals surface area (Å²) in [6.45, 7) is 4.39. The molecule has 1 aliphatic carbocycles. The van der Waals surface area contributed by atoms with E-state index in [1.807, 2.05) is 24.3 Å². The Morgan fingerprint density at radius 3 is 2.56 bits per heavy atom. The van der Waals surface area contributed by atoms with Gasteiger partial charge in [0.25, 0.3) is 0 Å². The lowest BCUT2D eigenvalue weighted by molar-refractivity contribution is 0.131. The van der Waals surface area contributed by atoms with Crippen LogP contribution in [0.4, 0.5) is 5.69 Å². The first kappa shape index (κ1) is 13.4. The van der Waals surface area contributed by atoms with Crippen LogP contribution in [-0.4, -0.2) is 31.9 Å². The molecule has 18 heavy (non-hydrogen) atoms. The first-order chi connectivity index (χ1) is 8.66. The van der Waals surface area contributed by atoms with E-state index in [1.165, 1.54) is 12.8 Å². The van der Waals surface area contributed by atoms with Crippen molar-refractivity contribution in [2.75, 3.05) is 31.7 Å². The highest BCUT2D eigenvalue weighted by molar-refractivity contribution is 5.47. The molecule has 100 valence electrons. The fourth-order valence-electron chi connectivity index (χ4n) is 1.87. The van der Waals surface area contributed by atoms with Crippen molar-refractivity contribution in [2.24, 2.45) is 5.92 Å². The smallest absolute Gasteiger partial charge is 0.0761 e. The normalized spacial score (nSPS) is 16.6. The standard InChI is InChI=1S/C15H23NO2/c1-12(17)14-5-7-15(8-6-14)16(2)9-10-18-11-13-3-4-13/h5-8,12-13,17H,3-4,9-11H2,1-2H3/t12-/m1/s1. The van der Waals surface area contributed by atoms with Crippen molar-refractivity contribution in [3.05, 3.63) is 29.8 Å². The first-order valence-electron chi connectivity index (χ1n) is 6.73. The summed E-state index contributed by atoms with van der Waals surface area (Å²) in [6, 6.07) is 8.04. The van der Waals surface area contributed by atoms with Crippen molar-refractivity contribution in [3.63, 3.8) is 0 Å². The summed E-state index contributed by atoms with van der Waals surface area (Å²) in [5.74, 6) is 0.834. The number of aliphatic hydroxyl groups excluding tert-OH is 1. The van der Waals surface area contributed by atoms with Crippen molar-refractivity contribution in [1.82, 2.24) is 0 Å². The molecule has 1 aliphatic rings. The van der Waals surface area contributed by atoms with E-state index in [-0.39, 0.29) is 0 Å². The summed E-state index contributed by atoms with van der Waals surface area (Å²) in [5, 5.41) is 9.45. The lowest BCUT2D eigenvalue weighted by Gasteiger charge is -2.19. The zero-order valence-electron chi connectivity index (χ0n) is 11.3. The first-order valence-corrected chi connectivity index (χ1v) is 6.73. The quantitative estimate of drug-likeness (QED) is 0.754. The average Bonchev–Trinajstić information content (AvgIpc) is 3.18. The molecule has 1 saturated carbocycles. The Morgan fingerprint density at radius 2 is 2.00 bits per heavy atom. The van der Waals surface area contributed by atoms with Gasteiger partial charge in [0.2, 0.25) is 0 Å². The van der Waals surface area contributed by atoms with E-state index in [0.717, 1.165) is 36.9 Å². The molecule has 1 aromatic carbocycles. The van der Waals surface area contributed by atoms with Crippen molar-refractivity contribution < 1.29 is 9.84 Å². The maximum Gasteiger partial charge on any atom is 0.0761 e. The van der Waals surface area contributed by atoms with E-state index in [4.69, 9.17) is 4.74 Å². The van der Waals surface area contributed by atoms with Crippen molar-refractivity contribution in [1.29, 1.82) is 0 Å². The largest absolute Gasteiger partial charge is 0.389 e. The molecule has 0 unspecified atom stereocenters. The molecule has 2 rings (SSSR count). The number of ether oxygens (including phenoxy) is 1. The van der Waals surface area contributed by atoms with E-state index >= 15 is 0 Å². The summed E-state index contributed by atoms with van der Waals surface area (Å²) >= 11 is 0. The third kappa shape index (κ3) is 4.00. The summed E-state index contributed by atoms with van der Waals surface area (Å²) in [4.78, 5) is 2.18. The van der Waals surface area contributed by atoms with E-state index in [9.17, 15) is 5.11 Å². The van der Waals surface area contributed by atoms with Crippen LogP contribution in [0.15, 0.2) is 24.3 Å². The van der Waals surface area contributed by atoms with Gasteiger partial charge in [0.05, 0.1) is 12.7 Å². The average molecular weight is 249 g/mol. The van der Waals surface area contributed by atoms with Crippen LogP contribution in [0.1, 0.15) is 31.4 Å². The number of aliphatic hydroxyl groups is 1. The summed E-state index contributed by atoms with van der Waals surface area (Å²) in [6.07, 6.45) is 2.29. The number of anilines is 1. The second-order valence-electron chi connectivity index (χ2n) is 5.21. The molecular weight excluding hydrogens is 226 g/mol. The predicted octanol–water partition coefficient (Wildman–Crippen LogP) is 2.60. The van der Waals surface area contributed by atoms with Crippen molar-refractivity contribution in [3.8, 4) is 0 Å². The highest BCUT2D eigenvalue weighted by atomic mass is 16.5. The second-order valence-corrected chi connectivity index (χ2v) is 5.21. The number of rotatable bonds is 7. The zero-order chi connectivity index (χ0) is 13.0. The molecule has 0 aromatic heterocycles. The molecule has 1 fully saturated rings. The van der Waals surface area contributed by atoms with Crippen molar-refractivity contribution in [2.45, 2.75) is 25.9 Å². The minimum Gasteiger partial charge on any atom is -0.389 e. The summed E-state index contributed by atoms with van der Waals surface area (Å²) < 4.78 is 5.63. The molecule has 1 atom stereocenters. The van der Waals surface area contributed by atoms with Gasteiger partial charge in [-0.3, -0.25) is 0 Å².